The summed E-state index contributed by atoms with van der Waals surface area (Å²) in [5.41, 5.74) is 39.3. The molecule has 102 heavy (non-hydrogen) atoms. The minimum atomic E-state index is -0.226. The quantitative estimate of drug-likeness (QED) is 0.152. The first-order chi connectivity index (χ1) is 50.7. The summed E-state index contributed by atoms with van der Waals surface area (Å²) in [5.74, 6) is 1.72. The van der Waals surface area contributed by atoms with Crippen LogP contribution in [0, 0.1) is 0 Å². The van der Waals surface area contributed by atoms with E-state index in [1.54, 1.807) is 0 Å². The van der Waals surface area contributed by atoms with E-state index < -0.39 is 0 Å². The van der Waals surface area contributed by atoms with Crippen molar-refractivity contribution >= 4 is 212 Å². The molecule has 468 valence electrons. The van der Waals surface area contributed by atoms with E-state index in [9.17, 15) is 0 Å². The third kappa shape index (κ3) is 7.09. The van der Waals surface area contributed by atoms with Gasteiger partial charge in [-0.3, -0.25) is 0 Å². The molecule has 0 N–H and O–H groups in total. The van der Waals surface area contributed by atoms with Gasteiger partial charge >= 0.3 is 0 Å². The molecular formula is C90H55B4N7O. The van der Waals surface area contributed by atoms with Crippen molar-refractivity contribution in [2.75, 3.05) is 34.3 Å². The molecule has 0 radical (unpaired) electrons. The van der Waals surface area contributed by atoms with E-state index in [0.29, 0.717) is 0 Å². The topological polar surface area (TPSA) is 31.9 Å². The molecule has 0 aliphatic carbocycles. The highest BCUT2D eigenvalue weighted by Gasteiger charge is 2.56. The van der Waals surface area contributed by atoms with E-state index in [1.807, 2.05) is 0 Å². The van der Waals surface area contributed by atoms with E-state index in [0.717, 1.165) is 85.4 Å². The maximum absolute atomic E-state index is 7.46. The number of para-hydroxylation sites is 10. The van der Waals surface area contributed by atoms with E-state index >= 15 is 0 Å². The summed E-state index contributed by atoms with van der Waals surface area (Å²) in [7, 11) is 0. The Hall–Kier alpha value is -13.0. The summed E-state index contributed by atoms with van der Waals surface area (Å²) in [6, 6.07) is 125. The standard InChI is InChI=1S/C90H55B4N7O/c1-7-27-56(28-8-1)95-70-43-21-19-39-62(70)91-66-51-67-79(54-78(66)98(59-33-13-4-14-34-59)75-48-26-45-72(95)84(75)91)100(61-37-17-6-18-38-61)81-55-80-87-90-86(81)93(67)64-41-23-49-82-88(64)101(90)89-65(42-24-50-83(89)102-82)94(87)69-53-76-68(52-77(69)99(80)60-35-15-5-16-36-60)92-63-40-20-22-44-71(63)96(57-29-9-2-10-30-57)73-46-25-47-74(85(73)92)97(76)58-31-11-3-12-32-58/h1-55H. The average molecular weight is 1290 g/mol. The van der Waals surface area contributed by atoms with Gasteiger partial charge in [0.25, 0.3) is 26.9 Å². The molecular weight excluding hydrogens is 1240 g/mol. The van der Waals surface area contributed by atoms with Gasteiger partial charge in [0.2, 0.25) is 0 Å². The predicted octanol–water partition coefficient (Wildman–Crippen LogP) is 14.7. The fourth-order valence-corrected chi connectivity index (χ4v) is 19.6. The normalized spacial score (nSPS) is 14.5. The molecule has 0 fully saturated rings. The van der Waals surface area contributed by atoms with E-state index in [-0.39, 0.29) is 26.9 Å². The van der Waals surface area contributed by atoms with Gasteiger partial charge in [0, 0.05) is 108 Å². The molecule has 12 heteroatoms. The van der Waals surface area contributed by atoms with Crippen molar-refractivity contribution in [1.29, 1.82) is 0 Å². The second kappa shape index (κ2) is 20.3. The van der Waals surface area contributed by atoms with Gasteiger partial charge in [0.05, 0.1) is 11.4 Å². The summed E-state index contributed by atoms with van der Waals surface area (Å²) in [6.45, 7) is -0.660. The zero-order valence-corrected chi connectivity index (χ0v) is 55.1. The number of anilines is 21. The van der Waals surface area contributed by atoms with Crippen molar-refractivity contribution in [3.63, 3.8) is 0 Å². The molecule has 15 aromatic carbocycles. The van der Waals surface area contributed by atoms with Crippen molar-refractivity contribution in [3.05, 3.63) is 334 Å². The van der Waals surface area contributed by atoms with Crippen LogP contribution in [0.2, 0.25) is 0 Å². The lowest BCUT2D eigenvalue weighted by atomic mass is 9.27. The van der Waals surface area contributed by atoms with Crippen LogP contribution in [0.5, 0.6) is 11.5 Å². The molecule has 24 rings (SSSR count). The average Bonchev–Trinajstić information content (AvgIpc) is 0.661. The Labute approximate surface area is 592 Å². The van der Waals surface area contributed by atoms with Crippen LogP contribution < -0.4 is 105 Å². The van der Waals surface area contributed by atoms with Crippen LogP contribution in [0.15, 0.2) is 334 Å². The Bertz CT molecular complexity index is 6150. The number of ether oxygens (including phenoxy) is 1. The fourth-order valence-electron chi connectivity index (χ4n) is 19.6. The van der Waals surface area contributed by atoms with Crippen molar-refractivity contribution in [2.45, 2.75) is 0 Å². The summed E-state index contributed by atoms with van der Waals surface area (Å²) >= 11 is 0. The lowest BCUT2D eigenvalue weighted by Gasteiger charge is -2.53. The molecule has 8 nitrogen and oxygen atoms in total. The minimum absolute atomic E-state index is 0.103. The SMILES string of the molecule is c1ccc(N2c3ccccc3B3c4cc5c(cc4N(c4ccccc4)c4cccc2c43)B2c3cccc4c3N3c6c(cccc6B6c7cc8c(cc7N(c7ccccc7)c7cc(c2c3c76)N5c2ccccc2)N(c2ccccc2)c2cccc3c2B8c2ccccc2N3c2ccccc2)O4)cc1. The van der Waals surface area contributed by atoms with Crippen LogP contribution in [-0.2, 0) is 0 Å². The summed E-state index contributed by atoms with van der Waals surface area (Å²) in [4.78, 5) is 18.0. The number of fused-ring (bicyclic) bond motifs is 14. The highest BCUT2D eigenvalue weighted by atomic mass is 16.5. The summed E-state index contributed by atoms with van der Waals surface area (Å²) < 4.78 is 7.46. The van der Waals surface area contributed by atoms with Crippen LogP contribution in [0.3, 0.4) is 0 Å². The van der Waals surface area contributed by atoms with E-state index in [2.05, 4.69) is 368 Å². The van der Waals surface area contributed by atoms with Crippen molar-refractivity contribution in [2.24, 2.45) is 0 Å². The minimum Gasteiger partial charge on any atom is -0.453 e. The molecule has 0 saturated carbocycles. The molecule has 0 amide bonds. The Kier molecular flexibility index (Phi) is 10.9. The maximum Gasteiger partial charge on any atom is 0.252 e. The van der Waals surface area contributed by atoms with Gasteiger partial charge < -0.3 is 39.0 Å². The van der Waals surface area contributed by atoms with E-state index in [4.69, 9.17) is 4.74 Å². The maximum atomic E-state index is 7.46. The zero-order chi connectivity index (χ0) is 66.2. The van der Waals surface area contributed by atoms with Crippen LogP contribution in [0.4, 0.5) is 119 Å². The molecule has 9 aliphatic heterocycles. The first-order valence-electron chi connectivity index (χ1n) is 35.5. The van der Waals surface area contributed by atoms with Crippen LogP contribution in [0.1, 0.15) is 0 Å². The number of benzene rings is 15. The monoisotopic (exact) mass is 1290 g/mol. The highest BCUT2D eigenvalue weighted by molar-refractivity contribution is 7.06. The zero-order valence-electron chi connectivity index (χ0n) is 55.1. The number of hydrogen-bond acceptors (Lipinski definition) is 8. The molecule has 0 bridgehead atoms. The Balaban J connectivity index is 0.812. The second-order valence-electron chi connectivity index (χ2n) is 28.2. The van der Waals surface area contributed by atoms with Crippen molar-refractivity contribution < 1.29 is 4.74 Å². The molecule has 15 aromatic rings. The number of nitrogens with zero attached hydrogens (tertiary/aromatic N) is 7. The molecule has 9 heterocycles. The third-order valence-electron chi connectivity index (χ3n) is 23.3. The van der Waals surface area contributed by atoms with Gasteiger partial charge in [-0.05, 0) is 211 Å². The van der Waals surface area contributed by atoms with Gasteiger partial charge in [0.15, 0.2) is 11.5 Å². The number of rotatable bonds is 6. The first-order valence-corrected chi connectivity index (χ1v) is 35.5. The lowest BCUT2D eigenvalue weighted by molar-refractivity contribution is 0.478. The van der Waals surface area contributed by atoms with Crippen LogP contribution >= 0.6 is 0 Å². The first kappa shape index (κ1) is 54.9. The molecule has 0 aromatic heterocycles. The molecule has 0 spiro atoms. The Morgan fingerprint density at radius 3 is 0.804 bits per heavy atom. The van der Waals surface area contributed by atoms with Gasteiger partial charge in [0.1, 0.15) is 0 Å². The highest BCUT2D eigenvalue weighted by Crippen LogP contribution is 2.57. The number of hydrogen-bond donors (Lipinski definition) is 0. The van der Waals surface area contributed by atoms with Crippen molar-refractivity contribution in [1.82, 2.24) is 0 Å². The van der Waals surface area contributed by atoms with E-state index in [1.165, 1.54) is 111 Å². The molecule has 0 saturated heterocycles. The fraction of sp³-hybridized carbons (Fsp3) is 0. The summed E-state index contributed by atoms with van der Waals surface area (Å²) in [5, 5.41) is 0. The van der Waals surface area contributed by atoms with Crippen LogP contribution in [0.25, 0.3) is 0 Å². The lowest BCUT2D eigenvalue weighted by Crippen LogP contribution is -2.70. The summed E-state index contributed by atoms with van der Waals surface area (Å²) in [6.07, 6.45) is 0. The Morgan fingerprint density at radius 1 is 0.167 bits per heavy atom. The van der Waals surface area contributed by atoms with Gasteiger partial charge in [-0.1, -0.05) is 188 Å². The third-order valence-corrected chi connectivity index (χ3v) is 23.3. The smallest absolute Gasteiger partial charge is 0.252 e. The molecule has 0 unspecified atom stereocenters. The largest absolute Gasteiger partial charge is 0.453 e. The predicted molar refractivity (Wildman–Crippen MR) is 428 cm³/mol. The second-order valence-corrected chi connectivity index (χ2v) is 28.2. The van der Waals surface area contributed by atoms with Gasteiger partial charge in [-0.2, -0.15) is 0 Å². The Morgan fingerprint density at radius 2 is 0.431 bits per heavy atom. The van der Waals surface area contributed by atoms with Crippen LogP contribution in [-0.4, -0.2) is 26.9 Å². The van der Waals surface area contributed by atoms with Gasteiger partial charge in [-0.15, -0.1) is 0 Å². The molecule has 9 aliphatic rings. The molecule has 0 atom stereocenters. The van der Waals surface area contributed by atoms with Crippen molar-refractivity contribution in [3.8, 4) is 11.5 Å². The van der Waals surface area contributed by atoms with Gasteiger partial charge in [-0.25, -0.2) is 0 Å².